The van der Waals surface area contributed by atoms with Crippen molar-refractivity contribution < 1.29 is 17.9 Å². The number of methoxy groups -OCH3 is 2. The van der Waals surface area contributed by atoms with Gasteiger partial charge in [-0.05, 0) is 19.1 Å². The Hall–Kier alpha value is -2.33. The van der Waals surface area contributed by atoms with Gasteiger partial charge in [0.15, 0.2) is 11.5 Å². The van der Waals surface area contributed by atoms with Crippen LogP contribution in [-0.4, -0.2) is 37.2 Å². The quantitative estimate of drug-likeness (QED) is 0.688. The fourth-order valence-electron chi connectivity index (χ4n) is 2.49. The smallest absolute Gasteiger partial charge is 0.281 e. The third-order valence-corrected chi connectivity index (χ3v) is 6.42. The molecule has 0 saturated carbocycles. The molecule has 10 heteroatoms. The number of aryl methyl sites for hydroxylation is 1. The van der Waals surface area contributed by atoms with Crippen LogP contribution in [-0.2, 0) is 10.0 Å². The number of imidazole rings is 1. The van der Waals surface area contributed by atoms with Crippen LogP contribution in [0.2, 0.25) is 0 Å². The molecule has 0 radical (unpaired) electrons. The van der Waals surface area contributed by atoms with E-state index in [4.69, 9.17) is 9.47 Å². The number of nitrogens with one attached hydrogen (secondary N) is 1. The summed E-state index contributed by atoms with van der Waals surface area (Å²) in [6.07, 6.45) is 0. The summed E-state index contributed by atoms with van der Waals surface area (Å²) in [5.41, 5.74) is 0.753. The number of ether oxygens (including phenoxy) is 2. The summed E-state index contributed by atoms with van der Waals surface area (Å²) in [7, 11) is -0.880. The van der Waals surface area contributed by atoms with Gasteiger partial charge in [-0.3, -0.25) is 4.72 Å². The van der Waals surface area contributed by atoms with Gasteiger partial charge in [0.05, 0.1) is 25.6 Å². The van der Waals surface area contributed by atoms with Gasteiger partial charge in [-0.15, -0.1) is 0 Å². The Balaban J connectivity index is 2.03. The number of aromatic nitrogens is 3. The van der Waals surface area contributed by atoms with E-state index < -0.39 is 10.0 Å². The van der Waals surface area contributed by atoms with Crippen LogP contribution in [0.3, 0.4) is 0 Å². The van der Waals surface area contributed by atoms with E-state index >= 15 is 0 Å². The van der Waals surface area contributed by atoms with E-state index in [2.05, 4.69) is 14.8 Å². The van der Waals surface area contributed by atoms with Gasteiger partial charge in [0.2, 0.25) is 9.99 Å². The number of hydrogen-bond donors (Lipinski definition) is 1. The van der Waals surface area contributed by atoms with Crippen LogP contribution in [0.25, 0.3) is 4.96 Å². The zero-order valence-electron chi connectivity index (χ0n) is 15.1. The Bertz CT molecular complexity index is 1050. The summed E-state index contributed by atoms with van der Waals surface area (Å²) in [5.74, 6) is 1.13. The van der Waals surface area contributed by atoms with Crippen LogP contribution >= 0.6 is 11.3 Å². The molecule has 26 heavy (non-hydrogen) atoms. The van der Waals surface area contributed by atoms with Crippen LogP contribution < -0.4 is 14.2 Å². The maximum Gasteiger partial charge on any atom is 0.281 e. The third-order valence-electron chi connectivity index (χ3n) is 3.73. The van der Waals surface area contributed by atoms with Crippen LogP contribution in [0.1, 0.15) is 30.5 Å². The molecule has 0 aliphatic rings. The summed E-state index contributed by atoms with van der Waals surface area (Å²) in [6, 6.07) is 4.80. The van der Waals surface area contributed by atoms with Crippen LogP contribution in [0.5, 0.6) is 11.5 Å². The molecule has 0 saturated heterocycles. The molecule has 0 amide bonds. The SMILES string of the molecule is COc1ccc(NS(=O)(=O)c2c(C)nc3sc(C(C)C)nn23)cc1OC. The van der Waals surface area contributed by atoms with Gasteiger partial charge in [-0.25, -0.2) is 4.98 Å². The highest BCUT2D eigenvalue weighted by molar-refractivity contribution is 7.92. The van der Waals surface area contributed by atoms with Crippen molar-refractivity contribution in [2.24, 2.45) is 0 Å². The monoisotopic (exact) mass is 396 g/mol. The van der Waals surface area contributed by atoms with E-state index in [-0.39, 0.29) is 10.9 Å². The summed E-state index contributed by atoms with van der Waals surface area (Å²) in [5, 5.41) is 5.27. The minimum absolute atomic E-state index is 0.0328. The van der Waals surface area contributed by atoms with Crippen LogP contribution in [0.15, 0.2) is 23.2 Å². The molecule has 2 aromatic heterocycles. The number of fused-ring (bicyclic) bond motifs is 1. The number of sulfonamides is 1. The first kappa shape index (κ1) is 18.5. The molecule has 140 valence electrons. The molecule has 1 N–H and O–H groups in total. The Labute approximate surface area is 155 Å². The topological polar surface area (TPSA) is 94.8 Å². The first-order valence-corrected chi connectivity index (χ1v) is 10.2. The maximum atomic E-state index is 13.0. The molecule has 0 bridgehead atoms. The molecule has 0 unspecified atom stereocenters. The fourth-order valence-corrected chi connectivity index (χ4v) is 4.82. The lowest BCUT2D eigenvalue weighted by atomic mass is 10.2. The van der Waals surface area contributed by atoms with Crippen molar-refractivity contribution in [1.29, 1.82) is 0 Å². The number of benzene rings is 1. The normalized spacial score (nSPS) is 11.9. The lowest BCUT2D eigenvalue weighted by Crippen LogP contribution is -2.17. The van der Waals surface area contributed by atoms with Crippen molar-refractivity contribution in [3.8, 4) is 11.5 Å². The molecule has 3 rings (SSSR count). The molecular formula is C16H20N4O4S2. The van der Waals surface area contributed by atoms with E-state index in [9.17, 15) is 8.42 Å². The van der Waals surface area contributed by atoms with Gasteiger partial charge in [0.25, 0.3) is 10.0 Å². The average molecular weight is 396 g/mol. The van der Waals surface area contributed by atoms with E-state index in [0.29, 0.717) is 27.8 Å². The molecule has 1 aromatic carbocycles. The van der Waals surface area contributed by atoms with Crippen molar-refractivity contribution in [2.75, 3.05) is 18.9 Å². The fraction of sp³-hybridized carbons (Fsp3) is 0.375. The van der Waals surface area contributed by atoms with E-state index in [0.717, 1.165) is 5.01 Å². The number of rotatable bonds is 6. The number of anilines is 1. The largest absolute Gasteiger partial charge is 0.493 e. The molecule has 0 fully saturated rings. The van der Waals surface area contributed by atoms with E-state index in [1.165, 1.54) is 30.1 Å². The second-order valence-electron chi connectivity index (χ2n) is 5.97. The Morgan fingerprint density at radius 3 is 2.50 bits per heavy atom. The predicted octanol–water partition coefficient (Wildman–Crippen LogP) is 3.04. The summed E-state index contributed by atoms with van der Waals surface area (Å²) >= 11 is 1.39. The zero-order chi connectivity index (χ0) is 19.1. The van der Waals surface area contributed by atoms with E-state index in [1.54, 1.807) is 25.1 Å². The third kappa shape index (κ3) is 3.21. The number of hydrogen-bond acceptors (Lipinski definition) is 7. The first-order chi connectivity index (χ1) is 12.3. The standard InChI is InChI=1S/C16H20N4O4S2/c1-9(2)14-18-20-15(10(3)17-16(20)25-14)26(21,22)19-11-6-7-12(23-4)13(8-11)24-5/h6-9,19H,1-5H3. The van der Waals surface area contributed by atoms with Gasteiger partial charge in [0.1, 0.15) is 5.01 Å². The Morgan fingerprint density at radius 2 is 1.88 bits per heavy atom. The molecule has 3 aromatic rings. The van der Waals surface area contributed by atoms with Crippen molar-refractivity contribution >= 4 is 32.0 Å². The van der Waals surface area contributed by atoms with Gasteiger partial charge >= 0.3 is 0 Å². The molecule has 0 aliphatic heterocycles. The van der Waals surface area contributed by atoms with Crippen molar-refractivity contribution in [3.63, 3.8) is 0 Å². The van der Waals surface area contributed by atoms with Gasteiger partial charge in [-0.1, -0.05) is 25.2 Å². The van der Waals surface area contributed by atoms with E-state index in [1.807, 2.05) is 13.8 Å². The Kier molecular flexibility index (Phi) is 4.80. The Morgan fingerprint density at radius 1 is 1.19 bits per heavy atom. The van der Waals surface area contributed by atoms with Gasteiger partial charge in [0, 0.05) is 12.0 Å². The van der Waals surface area contributed by atoms with Crippen molar-refractivity contribution in [2.45, 2.75) is 31.7 Å². The molecule has 0 spiro atoms. The predicted molar refractivity (Wildman–Crippen MR) is 100 cm³/mol. The first-order valence-electron chi connectivity index (χ1n) is 7.87. The highest BCUT2D eigenvalue weighted by Gasteiger charge is 2.26. The summed E-state index contributed by atoms with van der Waals surface area (Å²) in [6.45, 7) is 5.65. The van der Waals surface area contributed by atoms with Crippen molar-refractivity contribution in [1.82, 2.24) is 14.6 Å². The lowest BCUT2D eigenvalue weighted by Gasteiger charge is -2.11. The summed E-state index contributed by atoms with van der Waals surface area (Å²) in [4.78, 5) is 4.89. The minimum Gasteiger partial charge on any atom is -0.493 e. The van der Waals surface area contributed by atoms with Gasteiger partial charge in [-0.2, -0.15) is 18.0 Å². The highest BCUT2D eigenvalue weighted by atomic mass is 32.2. The second-order valence-corrected chi connectivity index (χ2v) is 8.55. The zero-order valence-corrected chi connectivity index (χ0v) is 16.7. The second kappa shape index (κ2) is 6.76. The highest BCUT2D eigenvalue weighted by Crippen LogP contribution is 2.32. The molecular weight excluding hydrogens is 376 g/mol. The minimum atomic E-state index is -3.89. The maximum absolute atomic E-state index is 13.0. The lowest BCUT2D eigenvalue weighted by molar-refractivity contribution is 0.355. The van der Waals surface area contributed by atoms with Gasteiger partial charge < -0.3 is 9.47 Å². The van der Waals surface area contributed by atoms with Crippen molar-refractivity contribution in [3.05, 3.63) is 28.9 Å². The molecule has 0 atom stereocenters. The molecule has 2 heterocycles. The summed E-state index contributed by atoms with van der Waals surface area (Å²) < 4.78 is 40.2. The average Bonchev–Trinajstić information content (AvgIpc) is 3.10. The van der Waals surface area contributed by atoms with Crippen LogP contribution in [0.4, 0.5) is 5.69 Å². The molecule has 8 nitrogen and oxygen atoms in total. The van der Waals surface area contributed by atoms with Crippen LogP contribution in [0, 0.1) is 6.92 Å². The molecule has 0 aliphatic carbocycles. The number of nitrogens with zero attached hydrogens (tertiary/aromatic N) is 3.